The first kappa shape index (κ1) is 19.8. The quantitative estimate of drug-likeness (QED) is 0.645. The van der Waals surface area contributed by atoms with Crippen molar-refractivity contribution in [1.29, 1.82) is 0 Å². The molecule has 1 fully saturated rings. The molecule has 1 N–H and O–H groups in total. The molecule has 1 amide bonds. The number of thiazole rings is 1. The van der Waals surface area contributed by atoms with E-state index in [0.717, 1.165) is 55.7 Å². The van der Waals surface area contributed by atoms with Crippen molar-refractivity contribution >= 4 is 22.9 Å². The third-order valence-electron chi connectivity index (χ3n) is 5.14. The molecule has 2 aromatic carbocycles. The molecule has 0 bridgehead atoms. The fourth-order valence-electron chi connectivity index (χ4n) is 3.50. The third-order valence-corrected chi connectivity index (χ3v) is 6.08. The molecule has 0 saturated carbocycles. The molecule has 5 nitrogen and oxygen atoms in total. The number of carbonyl (C=O) groups excluding carboxylic acids is 1. The van der Waals surface area contributed by atoms with Gasteiger partial charge in [0, 0.05) is 62.3 Å². The third kappa shape index (κ3) is 5.73. The lowest BCUT2D eigenvalue weighted by atomic mass is 10.2. The molecule has 1 aliphatic heterocycles. The molecular weight excluding hydrogens is 380 g/mol. The molecule has 29 heavy (non-hydrogen) atoms. The summed E-state index contributed by atoms with van der Waals surface area (Å²) in [7, 11) is 0. The minimum absolute atomic E-state index is 0.0783. The van der Waals surface area contributed by atoms with Gasteiger partial charge in [-0.1, -0.05) is 48.5 Å². The Morgan fingerprint density at radius 3 is 2.31 bits per heavy atom. The van der Waals surface area contributed by atoms with Gasteiger partial charge in [0.2, 0.25) is 5.91 Å². The Balaban J connectivity index is 1.19. The molecule has 0 aliphatic carbocycles. The molecule has 150 valence electrons. The van der Waals surface area contributed by atoms with Crippen molar-refractivity contribution < 1.29 is 4.79 Å². The summed E-state index contributed by atoms with van der Waals surface area (Å²) >= 11 is 1.71. The smallest absolute Gasteiger partial charge is 0.225 e. The minimum atomic E-state index is 0.0783. The molecule has 2 heterocycles. The Morgan fingerprint density at radius 2 is 1.59 bits per heavy atom. The van der Waals surface area contributed by atoms with Crippen LogP contribution in [0.4, 0.5) is 5.69 Å². The van der Waals surface area contributed by atoms with Gasteiger partial charge >= 0.3 is 0 Å². The number of piperazine rings is 1. The largest absolute Gasteiger partial charge is 0.326 e. The first-order chi connectivity index (χ1) is 14.3. The van der Waals surface area contributed by atoms with Crippen molar-refractivity contribution in [3.05, 3.63) is 71.7 Å². The number of anilines is 1. The zero-order chi connectivity index (χ0) is 19.9. The number of amides is 1. The highest BCUT2D eigenvalue weighted by atomic mass is 32.1. The second-order valence-corrected chi connectivity index (χ2v) is 8.15. The highest BCUT2D eigenvalue weighted by molar-refractivity contribution is 7.13. The summed E-state index contributed by atoms with van der Waals surface area (Å²) in [6.07, 6.45) is 0.529. The van der Waals surface area contributed by atoms with Crippen LogP contribution in [0, 0.1) is 0 Å². The number of benzene rings is 2. The van der Waals surface area contributed by atoms with Gasteiger partial charge in [-0.05, 0) is 12.1 Å². The molecule has 3 aromatic rings. The Kier molecular flexibility index (Phi) is 6.67. The number of rotatable bonds is 7. The van der Waals surface area contributed by atoms with E-state index in [0.29, 0.717) is 6.42 Å². The van der Waals surface area contributed by atoms with Crippen molar-refractivity contribution in [3.8, 4) is 10.6 Å². The second kappa shape index (κ2) is 9.78. The summed E-state index contributed by atoms with van der Waals surface area (Å²) in [6.45, 7) is 5.71. The maximum absolute atomic E-state index is 12.1. The van der Waals surface area contributed by atoms with Gasteiger partial charge in [-0.25, -0.2) is 4.98 Å². The van der Waals surface area contributed by atoms with Crippen LogP contribution in [0.3, 0.4) is 0 Å². The monoisotopic (exact) mass is 406 g/mol. The van der Waals surface area contributed by atoms with Gasteiger partial charge in [0.25, 0.3) is 0 Å². The summed E-state index contributed by atoms with van der Waals surface area (Å²) in [5, 5.41) is 6.21. The maximum Gasteiger partial charge on any atom is 0.225 e. The predicted molar refractivity (Wildman–Crippen MR) is 119 cm³/mol. The normalized spacial score (nSPS) is 15.3. The van der Waals surface area contributed by atoms with E-state index < -0.39 is 0 Å². The number of nitrogens with zero attached hydrogens (tertiary/aromatic N) is 3. The van der Waals surface area contributed by atoms with Crippen LogP contribution in [0.25, 0.3) is 10.6 Å². The molecule has 0 atom stereocenters. The van der Waals surface area contributed by atoms with Crippen molar-refractivity contribution in [1.82, 2.24) is 14.8 Å². The number of para-hydroxylation sites is 1. The first-order valence-electron chi connectivity index (χ1n) is 10.1. The van der Waals surface area contributed by atoms with Crippen molar-refractivity contribution in [3.63, 3.8) is 0 Å². The summed E-state index contributed by atoms with van der Waals surface area (Å²) in [5.74, 6) is 0.0783. The van der Waals surface area contributed by atoms with Crippen LogP contribution >= 0.6 is 11.3 Å². The van der Waals surface area contributed by atoms with Crippen LogP contribution in [-0.4, -0.2) is 53.4 Å². The van der Waals surface area contributed by atoms with Crippen LogP contribution in [0.15, 0.2) is 66.0 Å². The minimum Gasteiger partial charge on any atom is -0.326 e. The van der Waals surface area contributed by atoms with Gasteiger partial charge in [0.15, 0.2) is 0 Å². The lowest BCUT2D eigenvalue weighted by Crippen LogP contribution is -2.46. The van der Waals surface area contributed by atoms with Crippen LogP contribution in [-0.2, 0) is 11.3 Å². The van der Waals surface area contributed by atoms with E-state index in [2.05, 4.69) is 44.8 Å². The van der Waals surface area contributed by atoms with Crippen molar-refractivity contribution in [2.24, 2.45) is 0 Å². The first-order valence-corrected chi connectivity index (χ1v) is 10.9. The molecule has 0 spiro atoms. The van der Waals surface area contributed by atoms with E-state index in [1.54, 1.807) is 11.3 Å². The van der Waals surface area contributed by atoms with Gasteiger partial charge in [-0.3, -0.25) is 9.69 Å². The lowest BCUT2D eigenvalue weighted by molar-refractivity contribution is -0.116. The SMILES string of the molecule is O=C(CCN1CCN(Cc2csc(-c3ccccc3)n2)CC1)Nc1ccccc1. The standard InChI is InChI=1S/C23H26N4OS/c28-22(24-20-9-5-2-6-10-20)11-12-26-13-15-27(16-14-26)17-21-18-29-23(25-21)19-7-3-1-4-8-19/h1-10,18H,11-17H2,(H,24,28). The van der Waals surface area contributed by atoms with Crippen LogP contribution in [0.2, 0.25) is 0 Å². The van der Waals surface area contributed by atoms with Crippen molar-refractivity contribution in [2.45, 2.75) is 13.0 Å². The highest BCUT2D eigenvalue weighted by Crippen LogP contribution is 2.24. The number of nitrogens with one attached hydrogen (secondary N) is 1. The van der Waals surface area contributed by atoms with E-state index in [1.165, 1.54) is 5.56 Å². The fraction of sp³-hybridized carbons (Fsp3) is 0.304. The van der Waals surface area contributed by atoms with Gasteiger partial charge in [0.05, 0.1) is 5.69 Å². The molecule has 1 saturated heterocycles. The van der Waals surface area contributed by atoms with Crippen molar-refractivity contribution in [2.75, 3.05) is 38.0 Å². The molecule has 1 aliphatic rings. The summed E-state index contributed by atoms with van der Waals surface area (Å²) in [5.41, 5.74) is 3.19. The van der Waals surface area contributed by atoms with E-state index in [1.807, 2.05) is 36.4 Å². The van der Waals surface area contributed by atoms with Gasteiger partial charge in [0.1, 0.15) is 5.01 Å². The highest BCUT2D eigenvalue weighted by Gasteiger charge is 2.18. The molecular formula is C23H26N4OS. The van der Waals surface area contributed by atoms with Gasteiger partial charge in [-0.15, -0.1) is 11.3 Å². The number of carbonyl (C=O) groups is 1. The Labute approximate surface area is 176 Å². The van der Waals surface area contributed by atoms with E-state index in [-0.39, 0.29) is 5.91 Å². The summed E-state index contributed by atoms with van der Waals surface area (Å²) in [4.78, 5) is 21.7. The van der Waals surface area contributed by atoms with Crippen LogP contribution in [0.1, 0.15) is 12.1 Å². The second-order valence-electron chi connectivity index (χ2n) is 7.29. The molecule has 4 rings (SSSR count). The average molecular weight is 407 g/mol. The molecule has 6 heteroatoms. The number of aromatic nitrogens is 1. The Morgan fingerprint density at radius 1 is 0.931 bits per heavy atom. The molecule has 0 radical (unpaired) electrons. The Bertz CT molecular complexity index is 905. The average Bonchev–Trinajstić information content (AvgIpc) is 3.23. The summed E-state index contributed by atoms with van der Waals surface area (Å²) in [6, 6.07) is 20.0. The zero-order valence-corrected chi connectivity index (χ0v) is 17.3. The fourth-order valence-corrected chi connectivity index (χ4v) is 4.31. The van der Waals surface area contributed by atoms with Crippen LogP contribution < -0.4 is 5.32 Å². The predicted octanol–water partition coefficient (Wildman–Crippen LogP) is 3.96. The maximum atomic E-state index is 12.1. The van der Waals surface area contributed by atoms with Crippen LogP contribution in [0.5, 0.6) is 0 Å². The zero-order valence-electron chi connectivity index (χ0n) is 16.5. The van der Waals surface area contributed by atoms with E-state index in [4.69, 9.17) is 4.98 Å². The van der Waals surface area contributed by atoms with E-state index >= 15 is 0 Å². The van der Waals surface area contributed by atoms with Gasteiger partial charge < -0.3 is 10.2 Å². The molecule has 1 aromatic heterocycles. The Hall–Kier alpha value is -2.54. The number of hydrogen-bond donors (Lipinski definition) is 1. The summed E-state index contributed by atoms with van der Waals surface area (Å²) < 4.78 is 0. The van der Waals surface area contributed by atoms with Gasteiger partial charge in [-0.2, -0.15) is 0 Å². The number of hydrogen-bond acceptors (Lipinski definition) is 5. The van der Waals surface area contributed by atoms with E-state index in [9.17, 15) is 4.79 Å². The lowest BCUT2D eigenvalue weighted by Gasteiger charge is -2.34. The molecule has 0 unspecified atom stereocenters. The topological polar surface area (TPSA) is 48.5 Å².